The third kappa shape index (κ3) is 5.05. The summed E-state index contributed by atoms with van der Waals surface area (Å²) in [4.78, 5) is 26.8. The number of carbonyl (C=O) groups excluding carboxylic acids is 2. The van der Waals surface area contributed by atoms with Gasteiger partial charge in [-0.2, -0.15) is 0 Å². The number of benzene rings is 2. The van der Waals surface area contributed by atoms with Crippen LogP contribution in [0.2, 0.25) is 0 Å². The zero-order chi connectivity index (χ0) is 22.0. The summed E-state index contributed by atoms with van der Waals surface area (Å²) < 4.78 is 27.2. The molecule has 0 spiro atoms. The molecule has 4 N–H and O–H groups in total. The maximum atomic E-state index is 12.9. The minimum Gasteiger partial charge on any atom is -0.370 e. The number of hydrogen-bond acceptors (Lipinski definition) is 5. The maximum Gasteiger partial charge on any atom is 0.255 e. The summed E-state index contributed by atoms with van der Waals surface area (Å²) in [5, 5.41) is 2.87. The largest absolute Gasteiger partial charge is 0.370 e. The molecule has 0 bridgehead atoms. The summed E-state index contributed by atoms with van der Waals surface area (Å²) in [5.41, 5.74) is 7.40. The molecule has 1 aliphatic heterocycles. The van der Waals surface area contributed by atoms with Crippen molar-refractivity contribution < 1.29 is 18.0 Å². The van der Waals surface area contributed by atoms with Gasteiger partial charge in [-0.1, -0.05) is 0 Å². The number of hydrogen-bond donors (Lipinski definition) is 3. The molecule has 2 aliphatic rings. The van der Waals surface area contributed by atoms with E-state index in [0.29, 0.717) is 16.8 Å². The number of nitrogens with one attached hydrogen (secondary N) is 2. The zero-order valence-electron chi connectivity index (χ0n) is 17.1. The first kappa shape index (κ1) is 21.3. The molecule has 2 aromatic carbocycles. The lowest BCUT2D eigenvalue weighted by molar-refractivity contribution is 0.0996. The predicted octanol–water partition coefficient (Wildman–Crippen LogP) is 2.47. The van der Waals surface area contributed by atoms with Crippen molar-refractivity contribution in [1.29, 1.82) is 0 Å². The van der Waals surface area contributed by atoms with Crippen molar-refractivity contribution >= 4 is 33.2 Å². The molecule has 0 unspecified atom stereocenters. The highest BCUT2D eigenvalue weighted by molar-refractivity contribution is 7.89. The van der Waals surface area contributed by atoms with E-state index in [-0.39, 0.29) is 16.8 Å². The Morgan fingerprint density at radius 1 is 0.935 bits per heavy atom. The van der Waals surface area contributed by atoms with Crippen molar-refractivity contribution in [2.75, 3.05) is 23.3 Å². The Kier molecular flexibility index (Phi) is 5.97. The lowest BCUT2D eigenvalue weighted by Gasteiger charge is -2.30. The Hall–Kier alpha value is -2.91. The fraction of sp³-hybridized carbons (Fsp3) is 0.364. The van der Waals surface area contributed by atoms with Crippen molar-refractivity contribution in [1.82, 2.24) is 4.72 Å². The van der Waals surface area contributed by atoms with Gasteiger partial charge in [0.25, 0.3) is 5.91 Å². The molecule has 8 nitrogen and oxygen atoms in total. The van der Waals surface area contributed by atoms with E-state index in [9.17, 15) is 18.0 Å². The van der Waals surface area contributed by atoms with E-state index < -0.39 is 15.9 Å². The van der Waals surface area contributed by atoms with Crippen molar-refractivity contribution in [2.24, 2.45) is 5.73 Å². The van der Waals surface area contributed by atoms with Gasteiger partial charge in [0.2, 0.25) is 15.9 Å². The van der Waals surface area contributed by atoms with Crippen LogP contribution in [0.5, 0.6) is 0 Å². The summed E-state index contributed by atoms with van der Waals surface area (Å²) in [6.45, 7) is 1.75. The summed E-state index contributed by atoms with van der Waals surface area (Å²) in [6, 6.07) is 10.9. The molecular weight excluding hydrogens is 416 g/mol. The molecule has 1 aliphatic carbocycles. The van der Waals surface area contributed by atoms with Gasteiger partial charge < -0.3 is 16.0 Å². The average molecular weight is 443 g/mol. The number of piperidine rings is 1. The average Bonchev–Trinajstić information content (AvgIpc) is 3.57. The molecule has 9 heteroatoms. The van der Waals surface area contributed by atoms with E-state index in [4.69, 9.17) is 5.73 Å². The van der Waals surface area contributed by atoms with E-state index in [1.807, 2.05) is 0 Å². The normalized spacial score (nSPS) is 16.7. The van der Waals surface area contributed by atoms with Crippen LogP contribution in [0.3, 0.4) is 0 Å². The predicted molar refractivity (Wildman–Crippen MR) is 119 cm³/mol. The quantitative estimate of drug-likeness (QED) is 0.608. The lowest BCUT2D eigenvalue weighted by Crippen LogP contribution is -2.30. The third-order valence-corrected chi connectivity index (χ3v) is 7.09. The van der Waals surface area contributed by atoms with Crippen molar-refractivity contribution in [3.05, 3.63) is 53.6 Å². The highest BCUT2D eigenvalue weighted by atomic mass is 32.2. The van der Waals surface area contributed by atoms with Gasteiger partial charge in [0.15, 0.2) is 0 Å². The molecule has 1 heterocycles. The van der Waals surface area contributed by atoms with Gasteiger partial charge in [0.05, 0.1) is 16.3 Å². The maximum absolute atomic E-state index is 12.9. The van der Waals surface area contributed by atoms with Crippen LogP contribution in [0.1, 0.15) is 52.8 Å². The molecule has 0 radical (unpaired) electrons. The summed E-state index contributed by atoms with van der Waals surface area (Å²) >= 11 is 0. The van der Waals surface area contributed by atoms with Crippen LogP contribution in [0.4, 0.5) is 11.4 Å². The van der Waals surface area contributed by atoms with Crippen LogP contribution in [0.25, 0.3) is 0 Å². The van der Waals surface area contributed by atoms with Crippen LogP contribution in [0, 0.1) is 0 Å². The van der Waals surface area contributed by atoms with Crippen LogP contribution >= 0.6 is 0 Å². The number of amides is 2. The Balaban J connectivity index is 1.55. The molecule has 1 saturated heterocycles. The Bertz CT molecular complexity index is 1090. The number of anilines is 2. The van der Waals surface area contributed by atoms with Crippen LogP contribution in [-0.4, -0.2) is 39.4 Å². The molecule has 2 aromatic rings. The number of primary amides is 1. The fourth-order valence-corrected chi connectivity index (χ4v) is 4.97. The van der Waals surface area contributed by atoms with Gasteiger partial charge in [-0.3, -0.25) is 9.59 Å². The van der Waals surface area contributed by atoms with E-state index >= 15 is 0 Å². The number of sulfonamides is 1. The number of nitrogens with two attached hydrogens (primary N) is 1. The van der Waals surface area contributed by atoms with Gasteiger partial charge in [-0.25, -0.2) is 13.1 Å². The standard InChI is InChI=1S/C22H26N4O4S/c23-21(27)16-6-11-20(26-12-2-1-3-13-26)19(14-16)24-22(28)15-4-9-18(10-5-15)31(29,30)25-17-7-8-17/h4-6,9-11,14,17,25H,1-3,7-8,12-13H2,(H2,23,27)(H,24,28). The highest BCUT2D eigenvalue weighted by Crippen LogP contribution is 2.30. The molecule has 0 aromatic heterocycles. The second-order valence-electron chi connectivity index (χ2n) is 8.02. The molecule has 2 fully saturated rings. The van der Waals surface area contributed by atoms with E-state index in [1.54, 1.807) is 18.2 Å². The van der Waals surface area contributed by atoms with Crippen LogP contribution in [0.15, 0.2) is 47.4 Å². The summed E-state index contributed by atoms with van der Waals surface area (Å²) in [6.07, 6.45) is 5.00. The van der Waals surface area contributed by atoms with Gasteiger partial charge in [0, 0.05) is 30.3 Å². The first-order chi connectivity index (χ1) is 14.8. The summed E-state index contributed by atoms with van der Waals surface area (Å²) in [7, 11) is -3.57. The fourth-order valence-electron chi connectivity index (χ4n) is 3.67. The molecular formula is C22H26N4O4S. The van der Waals surface area contributed by atoms with Crippen molar-refractivity contribution in [3.8, 4) is 0 Å². The number of rotatable bonds is 7. The third-order valence-electron chi connectivity index (χ3n) is 5.55. The molecule has 31 heavy (non-hydrogen) atoms. The smallest absolute Gasteiger partial charge is 0.255 e. The van der Waals surface area contributed by atoms with Crippen molar-refractivity contribution in [2.45, 2.75) is 43.0 Å². The van der Waals surface area contributed by atoms with E-state index in [0.717, 1.165) is 44.5 Å². The molecule has 2 amide bonds. The Labute approximate surface area is 181 Å². The van der Waals surface area contributed by atoms with E-state index in [2.05, 4.69) is 14.9 Å². The molecule has 0 atom stereocenters. The van der Waals surface area contributed by atoms with Gasteiger partial charge in [-0.15, -0.1) is 0 Å². The van der Waals surface area contributed by atoms with Gasteiger partial charge >= 0.3 is 0 Å². The Morgan fingerprint density at radius 2 is 1.58 bits per heavy atom. The first-order valence-corrected chi connectivity index (χ1v) is 11.9. The minimum absolute atomic E-state index is 0.0127. The highest BCUT2D eigenvalue weighted by Gasteiger charge is 2.28. The first-order valence-electron chi connectivity index (χ1n) is 10.5. The minimum atomic E-state index is -3.57. The van der Waals surface area contributed by atoms with Crippen molar-refractivity contribution in [3.63, 3.8) is 0 Å². The number of carbonyl (C=O) groups is 2. The van der Waals surface area contributed by atoms with E-state index in [1.165, 1.54) is 30.7 Å². The van der Waals surface area contributed by atoms with Crippen LogP contribution < -0.4 is 20.7 Å². The second-order valence-corrected chi connectivity index (χ2v) is 9.73. The topological polar surface area (TPSA) is 122 Å². The van der Waals surface area contributed by atoms with Gasteiger partial charge in [-0.05, 0) is 74.6 Å². The zero-order valence-corrected chi connectivity index (χ0v) is 18.0. The lowest BCUT2D eigenvalue weighted by atomic mass is 10.1. The summed E-state index contributed by atoms with van der Waals surface area (Å²) in [5.74, 6) is -0.961. The van der Waals surface area contributed by atoms with Gasteiger partial charge in [0.1, 0.15) is 0 Å². The van der Waals surface area contributed by atoms with Crippen LogP contribution in [-0.2, 0) is 10.0 Å². The molecule has 164 valence electrons. The second kappa shape index (κ2) is 8.68. The Morgan fingerprint density at radius 3 is 2.19 bits per heavy atom. The number of nitrogens with zero attached hydrogens (tertiary/aromatic N) is 1. The molecule has 1 saturated carbocycles. The monoisotopic (exact) mass is 442 g/mol. The SMILES string of the molecule is NC(=O)c1ccc(N2CCCCC2)c(NC(=O)c2ccc(S(=O)(=O)NC3CC3)cc2)c1. The molecule has 4 rings (SSSR count).